The summed E-state index contributed by atoms with van der Waals surface area (Å²) in [6, 6.07) is 4.90. The van der Waals surface area contributed by atoms with Gasteiger partial charge in [-0.2, -0.15) is 5.26 Å². The molecule has 0 aliphatic carbocycles. The van der Waals surface area contributed by atoms with Crippen molar-refractivity contribution in [1.29, 1.82) is 5.26 Å². The Morgan fingerprint density at radius 2 is 2.35 bits per heavy atom. The molecule has 1 aromatic carbocycles. The average molecular weight is 325 g/mol. The normalized spacial score (nSPS) is 10.7. The summed E-state index contributed by atoms with van der Waals surface area (Å²) in [6.45, 7) is 0. The van der Waals surface area contributed by atoms with E-state index in [0.717, 1.165) is 4.34 Å². The van der Waals surface area contributed by atoms with E-state index in [0.29, 0.717) is 15.5 Å². The molecule has 0 aliphatic rings. The highest BCUT2D eigenvalue weighted by atomic mass is 35.5. The van der Waals surface area contributed by atoms with Crippen molar-refractivity contribution < 1.29 is 4.39 Å². The number of hydrogen-bond donors (Lipinski definition) is 2. The Morgan fingerprint density at radius 1 is 1.50 bits per heavy atom. The first kappa shape index (κ1) is 13.2. The predicted molar refractivity (Wildman–Crippen MR) is 79.6 cm³/mol. The molecule has 100 valence electrons. The lowest BCUT2D eigenvalue weighted by Gasteiger charge is -2.05. The maximum absolute atomic E-state index is 13.8. The van der Waals surface area contributed by atoms with E-state index in [1.807, 2.05) is 6.07 Å². The number of halogens is 2. The van der Waals surface area contributed by atoms with Gasteiger partial charge >= 0.3 is 0 Å². The molecule has 3 rings (SSSR count). The van der Waals surface area contributed by atoms with Gasteiger partial charge in [-0.05, 0) is 12.1 Å². The summed E-state index contributed by atoms with van der Waals surface area (Å²) in [5.74, 6) is -0.425. The minimum atomic E-state index is -0.425. The van der Waals surface area contributed by atoms with Gasteiger partial charge in [-0.1, -0.05) is 22.9 Å². The number of rotatable bonds is 3. The maximum atomic E-state index is 13.8. The van der Waals surface area contributed by atoms with Crippen LogP contribution in [0.2, 0.25) is 4.34 Å². The second-order valence-electron chi connectivity index (χ2n) is 3.79. The van der Waals surface area contributed by atoms with Crippen molar-refractivity contribution in [3.05, 3.63) is 40.2 Å². The van der Waals surface area contributed by atoms with Gasteiger partial charge in [-0.3, -0.25) is 0 Å². The molecule has 20 heavy (non-hydrogen) atoms. The van der Waals surface area contributed by atoms with Gasteiger partial charge in [0.25, 0.3) is 0 Å². The van der Waals surface area contributed by atoms with Crippen LogP contribution in [-0.2, 0) is 0 Å². The number of benzene rings is 1. The SMILES string of the molecule is N#Cc1c[nH]c2c(NSc3ncc(Cl)s3)ccc(F)c12. The van der Waals surface area contributed by atoms with E-state index < -0.39 is 5.82 Å². The van der Waals surface area contributed by atoms with Gasteiger partial charge in [0.15, 0.2) is 4.34 Å². The van der Waals surface area contributed by atoms with Gasteiger partial charge in [-0.15, -0.1) is 0 Å². The lowest BCUT2D eigenvalue weighted by Crippen LogP contribution is -1.89. The quantitative estimate of drug-likeness (QED) is 0.700. The fraction of sp³-hybridized carbons (Fsp3) is 0. The van der Waals surface area contributed by atoms with Gasteiger partial charge in [0.2, 0.25) is 0 Å². The summed E-state index contributed by atoms with van der Waals surface area (Å²) in [5, 5.41) is 9.25. The van der Waals surface area contributed by atoms with Crippen molar-refractivity contribution >= 4 is 51.5 Å². The number of thiazole rings is 1. The Labute approximate surface area is 126 Å². The Hall–Kier alpha value is -1.75. The third kappa shape index (κ3) is 2.33. The third-order valence-electron chi connectivity index (χ3n) is 2.61. The van der Waals surface area contributed by atoms with E-state index in [9.17, 15) is 4.39 Å². The lowest BCUT2D eigenvalue weighted by atomic mass is 10.1. The summed E-state index contributed by atoms with van der Waals surface area (Å²) in [7, 11) is 0. The smallest absolute Gasteiger partial charge is 0.171 e. The zero-order valence-electron chi connectivity index (χ0n) is 9.78. The summed E-state index contributed by atoms with van der Waals surface area (Å²) < 4.78 is 18.2. The molecule has 0 radical (unpaired) electrons. The molecule has 0 amide bonds. The molecule has 0 fully saturated rings. The molecule has 0 bridgehead atoms. The van der Waals surface area contributed by atoms with E-state index in [2.05, 4.69) is 14.7 Å². The molecular weight excluding hydrogens is 319 g/mol. The molecule has 0 unspecified atom stereocenters. The van der Waals surface area contributed by atoms with Crippen molar-refractivity contribution in [3.8, 4) is 6.07 Å². The molecule has 2 N–H and O–H groups in total. The first-order valence-corrected chi connectivity index (χ1v) is 7.44. The highest BCUT2D eigenvalue weighted by molar-refractivity contribution is 8.02. The molecule has 0 saturated heterocycles. The molecule has 0 spiro atoms. The van der Waals surface area contributed by atoms with Crippen molar-refractivity contribution in [3.63, 3.8) is 0 Å². The first-order chi connectivity index (χ1) is 9.69. The summed E-state index contributed by atoms with van der Waals surface area (Å²) in [5.41, 5.74) is 1.51. The van der Waals surface area contributed by atoms with Crippen molar-refractivity contribution in [2.24, 2.45) is 0 Å². The van der Waals surface area contributed by atoms with Crippen LogP contribution in [0.4, 0.5) is 10.1 Å². The van der Waals surface area contributed by atoms with E-state index in [1.165, 1.54) is 35.5 Å². The van der Waals surface area contributed by atoms with Crippen LogP contribution in [0, 0.1) is 17.1 Å². The van der Waals surface area contributed by atoms with Crippen LogP contribution in [0.1, 0.15) is 5.56 Å². The van der Waals surface area contributed by atoms with Crippen LogP contribution in [0.25, 0.3) is 10.9 Å². The number of nitrogens with zero attached hydrogens (tertiary/aromatic N) is 2. The van der Waals surface area contributed by atoms with Gasteiger partial charge in [0.1, 0.15) is 16.2 Å². The van der Waals surface area contributed by atoms with Crippen LogP contribution in [0.3, 0.4) is 0 Å². The van der Waals surface area contributed by atoms with E-state index in [-0.39, 0.29) is 10.9 Å². The van der Waals surface area contributed by atoms with Crippen molar-refractivity contribution in [1.82, 2.24) is 9.97 Å². The number of fused-ring (bicyclic) bond motifs is 1. The highest BCUT2D eigenvalue weighted by Gasteiger charge is 2.12. The molecule has 8 heteroatoms. The molecule has 0 aliphatic heterocycles. The van der Waals surface area contributed by atoms with Crippen LogP contribution in [0.5, 0.6) is 0 Å². The van der Waals surface area contributed by atoms with Crippen molar-refractivity contribution in [2.75, 3.05) is 4.72 Å². The lowest BCUT2D eigenvalue weighted by molar-refractivity contribution is 0.640. The van der Waals surface area contributed by atoms with Crippen LogP contribution in [-0.4, -0.2) is 9.97 Å². The summed E-state index contributed by atoms with van der Waals surface area (Å²) in [6.07, 6.45) is 3.06. The van der Waals surface area contributed by atoms with Gasteiger partial charge < -0.3 is 9.71 Å². The largest absolute Gasteiger partial charge is 0.358 e. The minimum Gasteiger partial charge on any atom is -0.358 e. The third-order valence-corrected chi connectivity index (χ3v) is 4.62. The van der Waals surface area contributed by atoms with Gasteiger partial charge in [-0.25, -0.2) is 9.37 Å². The Morgan fingerprint density at radius 3 is 3.05 bits per heavy atom. The number of nitrogens with one attached hydrogen (secondary N) is 2. The first-order valence-electron chi connectivity index (χ1n) is 5.43. The molecule has 4 nitrogen and oxygen atoms in total. The standard InChI is InChI=1S/C12H6ClFN4S2/c13-9-5-17-12(19-9)20-18-8-2-1-7(14)10-6(3-15)4-16-11(8)10/h1-2,4-5,16,18H. The van der Waals surface area contributed by atoms with Gasteiger partial charge in [0, 0.05) is 18.1 Å². The predicted octanol–water partition coefficient (Wildman–Crippen LogP) is 4.41. The Bertz CT molecular complexity index is 821. The van der Waals surface area contributed by atoms with Crippen LogP contribution >= 0.6 is 34.9 Å². The molecule has 3 aromatic rings. The summed E-state index contributed by atoms with van der Waals surface area (Å²) >= 11 is 8.43. The number of anilines is 1. The second kappa shape index (κ2) is 5.32. The number of aromatic nitrogens is 2. The number of aromatic amines is 1. The number of H-pyrrole nitrogens is 1. The fourth-order valence-corrected chi connectivity index (χ4v) is 3.58. The minimum absolute atomic E-state index is 0.281. The van der Waals surface area contributed by atoms with Crippen molar-refractivity contribution in [2.45, 2.75) is 4.34 Å². The molecule has 0 saturated carbocycles. The number of nitriles is 1. The van der Waals surface area contributed by atoms with E-state index >= 15 is 0 Å². The monoisotopic (exact) mass is 324 g/mol. The molecule has 0 atom stereocenters. The average Bonchev–Trinajstić information content (AvgIpc) is 3.05. The van der Waals surface area contributed by atoms with E-state index in [4.69, 9.17) is 16.9 Å². The highest BCUT2D eigenvalue weighted by Crippen LogP contribution is 2.32. The summed E-state index contributed by atoms with van der Waals surface area (Å²) in [4.78, 5) is 7.01. The Balaban J connectivity index is 1.94. The second-order valence-corrected chi connectivity index (χ2v) is 6.51. The van der Waals surface area contributed by atoms with E-state index in [1.54, 1.807) is 12.3 Å². The fourth-order valence-electron chi connectivity index (χ4n) is 1.77. The zero-order valence-corrected chi connectivity index (χ0v) is 12.2. The molecular formula is C12H6ClFN4S2. The number of hydrogen-bond acceptors (Lipinski definition) is 5. The van der Waals surface area contributed by atoms with Gasteiger partial charge in [0.05, 0.1) is 28.4 Å². The zero-order chi connectivity index (χ0) is 14.1. The van der Waals surface area contributed by atoms with Crippen LogP contribution < -0.4 is 4.72 Å². The topological polar surface area (TPSA) is 64.5 Å². The maximum Gasteiger partial charge on any atom is 0.171 e. The van der Waals surface area contributed by atoms with Crippen LogP contribution in [0.15, 0.2) is 28.9 Å². The molecule has 2 heterocycles. The Kier molecular flexibility index (Phi) is 3.53. The molecule has 2 aromatic heterocycles.